The van der Waals surface area contributed by atoms with E-state index in [2.05, 4.69) is 38.2 Å². The standard InChI is InChI=1S/C27H26FNO3/c1-27(2,3)20-8-4-18(5-9-20)23(19-6-10-21(28)11-7-19)17-26(30)29-22-12-13-24-25(16-22)32-15-14-31-24/h4-13,16-17H,14-15H2,1-3H3,(H,29,30)/b23-17+. The molecule has 1 heterocycles. The predicted molar refractivity (Wildman–Crippen MR) is 125 cm³/mol. The lowest BCUT2D eigenvalue weighted by molar-refractivity contribution is -0.111. The summed E-state index contributed by atoms with van der Waals surface area (Å²) in [7, 11) is 0. The third-order valence-corrected chi connectivity index (χ3v) is 5.30. The van der Waals surface area contributed by atoms with E-state index in [0.717, 1.165) is 11.1 Å². The smallest absolute Gasteiger partial charge is 0.249 e. The largest absolute Gasteiger partial charge is 0.486 e. The van der Waals surface area contributed by atoms with Gasteiger partial charge in [0, 0.05) is 17.8 Å². The Balaban J connectivity index is 1.64. The summed E-state index contributed by atoms with van der Waals surface area (Å²) in [5, 5.41) is 2.88. The van der Waals surface area contributed by atoms with Crippen LogP contribution in [0.15, 0.2) is 72.8 Å². The molecule has 0 fully saturated rings. The molecule has 4 nitrogen and oxygen atoms in total. The van der Waals surface area contributed by atoms with Crippen molar-refractivity contribution in [3.63, 3.8) is 0 Å². The van der Waals surface area contributed by atoms with E-state index < -0.39 is 0 Å². The van der Waals surface area contributed by atoms with Crippen LogP contribution < -0.4 is 14.8 Å². The first-order valence-corrected chi connectivity index (χ1v) is 10.6. The van der Waals surface area contributed by atoms with E-state index in [1.165, 1.54) is 23.8 Å². The van der Waals surface area contributed by atoms with Gasteiger partial charge in [0.1, 0.15) is 19.0 Å². The molecule has 5 heteroatoms. The number of amides is 1. The lowest BCUT2D eigenvalue weighted by Crippen LogP contribution is -2.16. The molecule has 3 aromatic carbocycles. The van der Waals surface area contributed by atoms with E-state index in [9.17, 15) is 9.18 Å². The van der Waals surface area contributed by atoms with Crippen molar-refractivity contribution in [3.8, 4) is 11.5 Å². The molecule has 1 N–H and O–H groups in total. The Morgan fingerprint density at radius 3 is 2.09 bits per heavy atom. The van der Waals surface area contributed by atoms with Crippen LogP contribution in [0.3, 0.4) is 0 Å². The Morgan fingerprint density at radius 2 is 1.47 bits per heavy atom. The highest BCUT2D eigenvalue weighted by Gasteiger charge is 2.16. The summed E-state index contributed by atoms with van der Waals surface area (Å²) >= 11 is 0. The average Bonchev–Trinajstić information content (AvgIpc) is 2.78. The summed E-state index contributed by atoms with van der Waals surface area (Å²) in [4.78, 5) is 12.9. The second-order valence-electron chi connectivity index (χ2n) is 8.74. The van der Waals surface area contributed by atoms with Gasteiger partial charge < -0.3 is 14.8 Å². The monoisotopic (exact) mass is 431 g/mol. The van der Waals surface area contributed by atoms with Gasteiger partial charge in [-0.1, -0.05) is 57.2 Å². The molecule has 0 radical (unpaired) electrons. The number of rotatable bonds is 4. The molecular weight excluding hydrogens is 405 g/mol. The van der Waals surface area contributed by atoms with Crippen molar-refractivity contribution in [2.24, 2.45) is 0 Å². The highest BCUT2D eigenvalue weighted by molar-refractivity contribution is 6.06. The maximum atomic E-state index is 13.5. The first-order chi connectivity index (χ1) is 15.3. The molecule has 1 aliphatic heterocycles. The molecule has 0 spiro atoms. The molecule has 0 aliphatic carbocycles. The van der Waals surface area contributed by atoms with Gasteiger partial charge >= 0.3 is 0 Å². The van der Waals surface area contributed by atoms with Crippen molar-refractivity contribution >= 4 is 17.2 Å². The Kier molecular flexibility index (Phi) is 5.99. The highest BCUT2D eigenvalue weighted by Crippen LogP contribution is 2.33. The molecule has 0 bridgehead atoms. The van der Waals surface area contributed by atoms with E-state index in [4.69, 9.17) is 9.47 Å². The second kappa shape index (κ2) is 8.87. The van der Waals surface area contributed by atoms with Crippen LogP contribution in [0, 0.1) is 5.82 Å². The van der Waals surface area contributed by atoms with Gasteiger partial charge in [0.05, 0.1) is 0 Å². The first-order valence-electron chi connectivity index (χ1n) is 10.6. The number of fused-ring (bicyclic) bond motifs is 1. The third kappa shape index (κ3) is 4.99. The topological polar surface area (TPSA) is 47.6 Å². The molecule has 0 saturated heterocycles. The lowest BCUT2D eigenvalue weighted by atomic mass is 9.85. The van der Waals surface area contributed by atoms with E-state index >= 15 is 0 Å². The fourth-order valence-electron chi connectivity index (χ4n) is 3.54. The van der Waals surface area contributed by atoms with Crippen molar-refractivity contribution in [1.29, 1.82) is 0 Å². The summed E-state index contributed by atoms with van der Waals surface area (Å²) in [5.74, 6) is 0.656. The van der Waals surface area contributed by atoms with E-state index in [1.807, 2.05) is 12.1 Å². The normalized spacial score (nSPS) is 13.6. The van der Waals surface area contributed by atoms with Gasteiger partial charge in [-0.3, -0.25) is 4.79 Å². The molecule has 0 aromatic heterocycles. The molecule has 0 unspecified atom stereocenters. The molecule has 0 atom stereocenters. The highest BCUT2D eigenvalue weighted by atomic mass is 19.1. The molecule has 0 saturated carbocycles. The summed E-state index contributed by atoms with van der Waals surface area (Å²) < 4.78 is 24.6. The molecule has 164 valence electrons. The third-order valence-electron chi connectivity index (χ3n) is 5.30. The van der Waals surface area contributed by atoms with Crippen LogP contribution in [-0.4, -0.2) is 19.1 Å². The lowest BCUT2D eigenvalue weighted by Gasteiger charge is -2.20. The Labute approximate surface area is 187 Å². The predicted octanol–water partition coefficient (Wildman–Crippen LogP) is 5.96. The number of nitrogens with one attached hydrogen (secondary N) is 1. The zero-order valence-electron chi connectivity index (χ0n) is 18.4. The van der Waals surface area contributed by atoms with Crippen molar-refractivity contribution in [2.75, 3.05) is 18.5 Å². The van der Waals surface area contributed by atoms with Crippen molar-refractivity contribution < 1.29 is 18.7 Å². The molecule has 1 aliphatic rings. The average molecular weight is 432 g/mol. The molecule has 4 rings (SSSR count). The Hall–Kier alpha value is -3.60. The SMILES string of the molecule is CC(C)(C)c1ccc(/C(=C\C(=O)Nc2ccc3c(c2)OCCO3)c2ccc(F)cc2)cc1. The zero-order valence-corrected chi connectivity index (χ0v) is 18.4. The minimum Gasteiger partial charge on any atom is -0.486 e. The minimum atomic E-state index is -0.322. The van der Waals surface area contributed by atoms with Gasteiger partial charge in [-0.25, -0.2) is 4.39 Å². The number of carbonyl (C=O) groups excluding carboxylic acids is 1. The number of anilines is 1. The van der Waals surface area contributed by atoms with E-state index in [0.29, 0.717) is 36.0 Å². The summed E-state index contributed by atoms with van der Waals surface area (Å²) in [6.07, 6.45) is 1.54. The molecule has 3 aromatic rings. The fourth-order valence-corrected chi connectivity index (χ4v) is 3.54. The molecule has 32 heavy (non-hydrogen) atoms. The van der Waals surface area contributed by atoms with Crippen LogP contribution in [0.1, 0.15) is 37.5 Å². The maximum absolute atomic E-state index is 13.5. The summed E-state index contributed by atoms with van der Waals surface area (Å²) in [5.41, 5.74) is 4.17. The molecule has 1 amide bonds. The quantitative estimate of drug-likeness (QED) is 0.518. The van der Waals surface area contributed by atoms with Gasteiger partial charge in [0.15, 0.2) is 11.5 Å². The van der Waals surface area contributed by atoms with Gasteiger partial charge in [-0.05, 0) is 51.9 Å². The van der Waals surface area contributed by atoms with Crippen molar-refractivity contribution in [2.45, 2.75) is 26.2 Å². The van der Waals surface area contributed by atoms with Crippen LogP contribution >= 0.6 is 0 Å². The summed E-state index contributed by atoms with van der Waals surface area (Å²) in [6, 6.07) is 19.5. The number of hydrogen-bond acceptors (Lipinski definition) is 3. The number of hydrogen-bond donors (Lipinski definition) is 1. The fraction of sp³-hybridized carbons (Fsp3) is 0.222. The van der Waals surface area contributed by atoms with Crippen LogP contribution in [-0.2, 0) is 10.2 Å². The van der Waals surface area contributed by atoms with Crippen molar-refractivity contribution in [3.05, 3.63) is 95.3 Å². The first kappa shape index (κ1) is 21.6. The maximum Gasteiger partial charge on any atom is 0.249 e. The minimum absolute atomic E-state index is 0.0217. The number of carbonyl (C=O) groups is 1. The zero-order chi connectivity index (χ0) is 22.7. The van der Waals surface area contributed by atoms with Crippen LogP contribution in [0.5, 0.6) is 11.5 Å². The number of ether oxygens (including phenoxy) is 2. The number of benzene rings is 3. The van der Waals surface area contributed by atoms with Crippen LogP contribution in [0.25, 0.3) is 5.57 Å². The molecular formula is C27H26FNO3. The van der Waals surface area contributed by atoms with Crippen molar-refractivity contribution in [1.82, 2.24) is 0 Å². The van der Waals surface area contributed by atoms with E-state index in [-0.39, 0.29) is 17.1 Å². The van der Waals surface area contributed by atoms with Crippen LogP contribution in [0.2, 0.25) is 0 Å². The summed E-state index contributed by atoms with van der Waals surface area (Å²) in [6.45, 7) is 7.44. The van der Waals surface area contributed by atoms with Crippen LogP contribution in [0.4, 0.5) is 10.1 Å². The number of halogens is 1. The van der Waals surface area contributed by atoms with E-state index in [1.54, 1.807) is 30.3 Å². The second-order valence-corrected chi connectivity index (χ2v) is 8.74. The Morgan fingerprint density at radius 1 is 0.875 bits per heavy atom. The van der Waals surface area contributed by atoms with Gasteiger partial charge in [0.25, 0.3) is 0 Å². The van der Waals surface area contributed by atoms with Gasteiger partial charge in [0.2, 0.25) is 5.91 Å². The Bertz CT molecular complexity index is 1140. The van der Waals surface area contributed by atoms with Gasteiger partial charge in [-0.2, -0.15) is 0 Å². The van der Waals surface area contributed by atoms with Gasteiger partial charge in [-0.15, -0.1) is 0 Å².